The molecule has 3 aromatic carbocycles. The summed E-state index contributed by atoms with van der Waals surface area (Å²) in [5, 5.41) is 8.67. The first-order chi connectivity index (χ1) is 15.8. The Morgan fingerprint density at radius 2 is 1.69 bits per heavy atom. The predicted molar refractivity (Wildman–Crippen MR) is 128 cm³/mol. The molecule has 7 heteroatoms. The van der Waals surface area contributed by atoms with Crippen molar-refractivity contribution in [2.45, 2.75) is 22.6 Å². The molecule has 160 valence electrons. The number of aromatic nitrogens is 2. The number of carbonyl (C=O) groups excluding carboxylic acids is 1. The maximum absolute atomic E-state index is 13.4. The lowest BCUT2D eigenvalue weighted by atomic mass is 10.1. The van der Waals surface area contributed by atoms with E-state index >= 15 is 0 Å². The molecule has 0 N–H and O–H groups in total. The molecule has 0 spiro atoms. The van der Waals surface area contributed by atoms with Crippen molar-refractivity contribution < 1.29 is 9.21 Å². The number of carbonyl (C=O) groups is 1. The number of para-hydroxylation sites is 1. The van der Waals surface area contributed by atoms with E-state index in [2.05, 4.69) is 28.4 Å². The van der Waals surface area contributed by atoms with Gasteiger partial charge in [0, 0.05) is 10.6 Å². The van der Waals surface area contributed by atoms with Gasteiger partial charge in [0.2, 0.25) is 11.8 Å². The summed E-state index contributed by atoms with van der Waals surface area (Å²) in [5.74, 6) is 1.63. The van der Waals surface area contributed by atoms with Crippen molar-refractivity contribution in [1.82, 2.24) is 10.2 Å². The fraction of sp³-hybridized carbons (Fsp3) is 0.160. The second-order valence-electron chi connectivity index (χ2n) is 7.38. The number of benzene rings is 3. The molecule has 1 aliphatic rings. The minimum atomic E-state index is -0.0134. The van der Waals surface area contributed by atoms with E-state index in [1.54, 1.807) is 11.8 Å². The van der Waals surface area contributed by atoms with E-state index in [1.807, 2.05) is 71.6 Å². The summed E-state index contributed by atoms with van der Waals surface area (Å²) in [6, 6.07) is 28.3. The largest absolute Gasteiger partial charge is 0.416 e. The second-order valence-corrected chi connectivity index (χ2v) is 9.37. The number of rotatable bonds is 6. The van der Waals surface area contributed by atoms with E-state index in [4.69, 9.17) is 4.42 Å². The summed E-state index contributed by atoms with van der Waals surface area (Å²) in [6.45, 7) is 0. The summed E-state index contributed by atoms with van der Waals surface area (Å²) >= 11 is 3.08. The Morgan fingerprint density at radius 1 is 0.969 bits per heavy atom. The monoisotopic (exact) mass is 459 g/mol. The van der Waals surface area contributed by atoms with Crippen molar-refractivity contribution >= 4 is 35.1 Å². The lowest BCUT2D eigenvalue weighted by molar-refractivity contribution is -0.116. The van der Waals surface area contributed by atoms with Crippen molar-refractivity contribution in [3.63, 3.8) is 0 Å². The van der Waals surface area contributed by atoms with Gasteiger partial charge in [-0.05, 0) is 23.3 Å². The molecule has 0 aliphatic carbocycles. The van der Waals surface area contributed by atoms with Gasteiger partial charge in [-0.2, -0.15) is 0 Å². The minimum Gasteiger partial charge on any atom is -0.416 e. The van der Waals surface area contributed by atoms with Crippen LogP contribution in [-0.4, -0.2) is 27.6 Å². The van der Waals surface area contributed by atoms with E-state index in [-0.39, 0.29) is 17.7 Å². The van der Waals surface area contributed by atoms with Gasteiger partial charge >= 0.3 is 0 Å². The smallest absolute Gasteiger partial charge is 0.277 e. The highest BCUT2D eigenvalue weighted by molar-refractivity contribution is 8.00. The van der Waals surface area contributed by atoms with Crippen LogP contribution in [0.2, 0.25) is 0 Å². The van der Waals surface area contributed by atoms with E-state index < -0.39 is 0 Å². The standard InChI is InChI=1S/C25H21N3O2S2/c29-24(17-32-25-27-26-23(30-25)15-18-9-3-1-4-10-18)28-20-13-7-8-14-22(20)31-16-21(28)19-11-5-2-6-12-19/h1-14,21H,15-17H2/t21-/m1/s1. The van der Waals surface area contributed by atoms with Crippen molar-refractivity contribution in [1.29, 1.82) is 0 Å². The zero-order valence-corrected chi connectivity index (χ0v) is 18.9. The van der Waals surface area contributed by atoms with Crippen LogP contribution in [-0.2, 0) is 11.2 Å². The van der Waals surface area contributed by atoms with Gasteiger partial charge in [-0.3, -0.25) is 4.79 Å². The maximum Gasteiger partial charge on any atom is 0.277 e. The van der Waals surface area contributed by atoms with Crippen molar-refractivity contribution in [3.05, 3.63) is 102 Å². The third kappa shape index (κ3) is 4.59. The van der Waals surface area contributed by atoms with Gasteiger partial charge in [-0.1, -0.05) is 84.6 Å². The SMILES string of the molecule is O=C(CSc1nnc(Cc2ccccc2)o1)N1c2ccccc2SC[C@@H]1c1ccccc1. The topological polar surface area (TPSA) is 59.2 Å². The molecule has 5 rings (SSSR count). The zero-order valence-electron chi connectivity index (χ0n) is 17.3. The highest BCUT2D eigenvalue weighted by Crippen LogP contribution is 2.43. The number of fused-ring (bicyclic) bond motifs is 1. The Balaban J connectivity index is 1.32. The van der Waals surface area contributed by atoms with Gasteiger partial charge in [0.25, 0.3) is 5.22 Å². The molecule has 1 amide bonds. The number of hydrogen-bond donors (Lipinski definition) is 0. The summed E-state index contributed by atoms with van der Waals surface area (Å²) in [6.07, 6.45) is 0.579. The highest BCUT2D eigenvalue weighted by atomic mass is 32.2. The molecule has 32 heavy (non-hydrogen) atoms. The van der Waals surface area contributed by atoms with Gasteiger partial charge < -0.3 is 9.32 Å². The van der Waals surface area contributed by atoms with E-state index in [9.17, 15) is 4.79 Å². The van der Waals surface area contributed by atoms with Gasteiger partial charge in [-0.15, -0.1) is 22.0 Å². The molecule has 0 saturated heterocycles. The number of anilines is 1. The van der Waals surface area contributed by atoms with Crippen LogP contribution in [0.4, 0.5) is 5.69 Å². The first-order valence-electron chi connectivity index (χ1n) is 10.4. The van der Waals surface area contributed by atoms with Crippen LogP contribution < -0.4 is 4.90 Å². The molecule has 4 aromatic rings. The van der Waals surface area contributed by atoms with Crippen molar-refractivity contribution in [3.8, 4) is 0 Å². The first kappa shape index (κ1) is 20.8. The first-order valence-corrected chi connectivity index (χ1v) is 12.3. The van der Waals surface area contributed by atoms with Crippen LogP contribution >= 0.6 is 23.5 Å². The van der Waals surface area contributed by atoms with Crippen molar-refractivity contribution in [2.24, 2.45) is 0 Å². The second kappa shape index (κ2) is 9.63. The van der Waals surface area contributed by atoms with Crippen LogP contribution in [0.5, 0.6) is 0 Å². The molecule has 1 atom stereocenters. The molecule has 1 aromatic heterocycles. The van der Waals surface area contributed by atoms with Crippen LogP contribution in [0.15, 0.2) is 99.5 Å². The Labute approximate surface area is 195 Å². The van der Waals surface area contributed by atoms with Gasteiger partial charge in [0.05, 0.1) is 23.9 Å². The summed E-state index contributed by atoms with van der Waals surface area (Å²) in [5.41, 5.74) is 3.20. The molecule has 5 nitrogen and oxygen atoms in total. The molecule has 0 saturated carbocycles. The van der Waals surface area contributed by atoms with Crippen LogP contribution in [0.3, 0.4) is 0 Å². The Hall–Kier alpha value is -3.03. The average Bonchev–Trinajstić information content (AvgIpc) is 3.30. The van der Waals surface area contributed by atoms with Crippen LogP contribution in [0.25, 0.3) is 0 Å². The lowest BCUT2D eigenvalue weighted by Gasteiger charge is -2.37. The lowest BCUT2D eigenvalue weighted by Crippen LogP contribution is -2.39. The van der Waals surface area contributed by atoms with Gasteiger partial charge in [0.15, 0.2) is 0 Å². The number of nitrogens with zero attached hydrogens (tertiary/aromatic N) is 3. The van der Waals surface area contributed by atoms with E-state index in [0.29, 0.717) is 17.5 Å². The summed E-state index contributed by atoms with van der Waals surface area (Å²) in [4.78, 5) is 16.5. The van der Waals surface area contributed by atoms with E-state index in [1.165, 1.54) is 11.8 Å². The third-order valence-corrected chi connectivity index (χ3v) is 7.19. The average molecular weight is 460 g/mol. The normalized spacial score (nSPS) is 15.4. The molecule has 0 fully saturated rings. The minimum absolute atomic E-state index is 0.0134. The number of thioether (sulfide) groups is 2. The van der Waals surface area contributed by atoms with Gasteiger partial charge in [0.1, 0.15) is 0 Å². The van der Waals surface area contributed by atoms with Gasteiger partial charge in [-0.25, -0.2) is 0 Å². The van der Waals surface area contributed by atoms with Crippen LogP contribution in [0.1, 0.15) is 23.1 Å². The highest BCUT2D eigenvalue weighted by Gasteiger charge is 2.32. The Kier molecular flexibility index (Phi) is 6.27. The summed E-state index contributed by atoms with van der Waals surface area (Å²) < 4.78 is 5.77. The molecule has 0 bridgehead atoms. The quantitative estimate of drug-likeness (QED) is 0.348. The van der Waals surface area contributed by atoms with E-state index in [0.717, 1.165) is 27.5 Å². The summed E-state index contributed by atoms with van der Waals surface area (Å²) in [7, 11) is 0. The fourth-order valence-corrected chi connectivity index (χ4v) is 5.56. The van der Waals surface area contributed by atoms with Crippen molar-refractivity contribution in [2.75, 3.05) is 16.4 Å². The molecule has 2 heterocycles. The molecular weight excluding hydrogens is 438 g/mol. The maximum atomic E-state index is 13.4. The number of hydrogen-bond acceptors (Lipinski definition) is 6. The number of amides is 1. The van der Waals surface area contributed by atoms with Crippen LogP contribution in [0, 0.1) is 0 Å². The molecule has 0 radical (unpaired) electrons. The molecule has 1 aliphatic heterocycles. The fourth-order valence-electron chi connectivity index (χ4n) is 3.75. The molecule has 0 unspecified atom stereocenters. The molecular formula is C25H21N3O2S2. The Bertz CT molecular complexity index is 1200. The predicted octanol–water partition coefficient (Wildman–Crippen LogP) is 5.63. The Morgan fingerprint density at radius 3 is 2.50 bits per heavy atom. The zero-order chi connectivity index (χ0) is 21.8. The third-order valence-electron chi connectivity index (χ3n) is 5.25.